The minimum Gasteiger partial charge on any atom is -0.488 e. The van der Waals surface area contributed by atoms with E-state index >= 15 is 0 Å². The maximum absolute atomic E-state index is 13.1. The van der Waals surface area contributed by atoms with E-state index in [0.717, 1.165) is 5.52 Å². The van der Waals surface area contributed by atoms with E-state index in [1.807, 2.05) is 23.1 Å². The number of carbonyl (C=O) groups is 1. The Morgan fingerprint density at radius 2 is 1.90 bits per heavy atom. The molecule has 2 aliphatic rings. The number of hydrogen-bond donors (Lipinski definition) is 2. The van der Waals surface area contributed by atoms with E-state index < -0.39 is 6.10 Å². The van der Waals surface area contributed by atoms with Gasteiger partial charge in [-0.3, -0.25) is 4.79 Å². The number of amides is 1. The standard InChI is InChI=1S/C22H22FN3O3/c23-15-4-6-16(7-5-15)29-20-9-14-11-26(10-13(14)8-19(20)27)22(28)17-2-1-3-18-21(17)25-12-24-18/h1-7,12-14,19-20,27H,8-11H2,(H,24,25)/t13-,14+,19+,20+/m0/s1. The molecule has 0 spiro atoms. The Labute approximate surface area is 167 Å². The van der Waals surface area contributed by atoms with Gasteiger partial charge < -0.3 is 19.7 Å². The number of carbonyl (C=O) groups excluding carboxylic acids is 1. The number of imidazole rings is 1. The van der Waals surface area contributed by atoms with Crippen molar-refractivity contribution in [2.24, 2.45) is 11.8 Å². The maximum Gasteiger partial charge on any atom is 0.256 e. The third-order valence-corrected chi connectivity index (χ3v) is 6.15. The molecule has 0 bridgehead atoms. The van der Waals surface area contributed by atoms with Crippen molar-refractivity contribution in [1.82, 2.24) is 14.9 Å². The summed E-state index contributed by atoms with van der Waals surface area (Å²) < 4.78 is 19.0. The van der Waals surface area contributed by atoms with E-state index in [4.69, 9.17) is 4.74 Å². The zero-order valence-corrected chi connectivity index (χ0v) is 15.8. The highest BCUT2D eigenvalue weighted by Gasteiger charge is 2.44. The summed E-state index contributed by atoms with van der Waals surface area (Å²) >= 11 is 0. The number of H-pyrrole nitrogens is 1. The SMILES string of the molecule is O=C(c1cccc2[nH]cnc12)N1C[C@H]2C[C@@H](Oc3ccc(F)cc3)[C@H](O)C[C@H]2C1. The van der Waals surface area contributed by atoms with Gasteiger partial charge in [0, 0.05) is 13.1 Å². The van der Waals surface area contributed by atoms with Gasteiger partial charge >= 0.3 is 0 Å². The summed E-state index contributed by atoms with van der Waals surface area (Å²) in [5.74, 6) is 0.720. The zero-order valence-electron chi connectivity index (χ0n) is 15.8. The van der Waals surface area contributed by atoms with Crippen molar-refractivity contribution in [3.8, 4) is 5.75 Å². The van der Waals surface area contributed by atoms with E-state index in [2.05, 4.69) is 9.97 Å². The molecule has 6 nitrogen and oxygen atoms in total. The molecule has 2 heterocycles. The summed E-state index contributed by atoms with van der Waals surface area (Å²) in [6, 6.07) is 11.4. The van der Waals surface area contributed by atoms with Gasteiger partial charge in [0.1, 0.15) is 23.2 Å². The molecule has 150 valence electrons. The number of para-hydroxylation sites is 1. The number of rotatable bonds is 3. The lowest BCUT2D eigenvalue weighted by atomic mass is 9.78. The largest absolute Gasteiger partial charge is 0.488 e. The van der Waals surface area contributed by atoms with Crippen LogP contribution < -0.4 is 4.74 Å². The number of benzene rings is 2. The summed E-state index contributed by atoms with van der Waals surface area (Å²) in [7, 11) is 0. The van der Waals surface area contributed by atoms with Crippen molar-refractivity contribution in [1.29, 1.82) is 0 Å². The van der Waals surface area contributed by atoms with Crippen molar-refractivity contribution >= 4 is 16.9 Å². The lowest BCUT2D eigenvalue weighted by Gasteiger charge is -2.35. The molecule has 1 amide bonds. The molecule has 2 aromatic carbocycles. The Morgan fingerprint density at radius 3 is 2.69 bits per heavy atom. The molecule has 5 rings (SSSR count). The molecule has 7 heteroatoms. The number of aromatic nitrogens is 2. The topological polar surface area (TPSA) is 78.5 Å². The first kappa shape index (κ1) is 18.1. The molecule has 1 aromatic heterocycles. The van der Waals surface area contributed by atoms with E-state index in [0.29, 0.717) is 42.8 Å². The Balaban J connectivity index is 1.30. The third-order valence-electron chi connectivity index (χ3n) is 6.15. The number of likely N-dealkylation sites (tertiary alicyclic amines) is 1. The zero-order chi connectivity index (χ0) is 20.0. The van der Waals surface area contributed by atoms with Crippen molar-refractivity contribution < 1.29 is 19.0 Å². The fourth-order valence-electron chi connectivity index (χ4n) is 4.68. The number of nitrogens with zero attached hydrogens (tertiary/aromatic N) is 2. The first-order valence-corrected chi connectivity index (χ1v) is 9.90. The summed E-state index contributed by atoms with van der Waals surface area (Å²) in [6.45, 7) is 1.27. The van der Waals surface area contributed by atoms with Crippen LogP contribution in [0, 0.1) is 17.7 Å². The van der Waals surface area contributed by atoms with Crippen LogP contribution in [0.25, 0.3) is 11.0 Å². The molecule has 2 fully saturated rings. The molecular weight excluding hydrogens is 373 g/mol. The molecule has 2 N–H and O–H groups in total. The van der Waals surface area contributed by atoms with Gasteiger partial charge in [-0.25, -0.2) is 9.37 Å². The Kier molecular flexibility index (Phi) is 4.47. The highest BCUT2D eigenvalue weighted by atomic mass is 19.1. The number of fused-ring (bicyclic) bond motifs is 2. The van der Waals surface area contributed by atoms with Crippen molar-refractivity contribution in [3.05, 3.63) is 60.2 Å². The number of ether oxygens (including phenoxy) is 1. The van der Waals surface area contributed by atoms with Crippen molar-refractivity contribution in [2.75, 3.05) is 13.1 Å². The van der Waals surface area contributed by atoms with Gasteiger partial charge in [-0.15, -0.1) is 0 Å². The van der Waals surface area contributed by atoms with Gasteiger partial charge in [0.2, 0.25) is 0 Å². The Morgan fingerprint density at radius 1 is 1.14 bits per heavy atom. The monoisotopic (exact) mass is 395 g/mol. The second-order valence-electron chi connectivity index (χ2n) is 7.98. The fourth-order valence-corrected chi connectivity index (χ4v) is 4.68. The predicted octanol–water partition coefficient (Wildman–Crippen LogP) is 2.99. The van der Waals surface area contributed by atoms with Gasteiger partial charge in [0.05, 0.1) is 23.5 Å². The number of nitrogens with one attached hydrogen (secondary N) is 1. The van der Waals surface area contributed by atoms with Crippen LogP contribution in [0.15, 0.2) is 48.8 Å². The molecule has 1 saturated heterocycles. The van der Waals surface area contributed by atoms with Crippen LogP contribution in [-0.4, -0.2) is 51.2 Å². The second-order valence-corrected chi connectivity index (χ2v) is 7.98. The minimum atomic E-state index is -0.605. The summed E-state index contributed by atoms with van der Waals surface area (Å²) in [6.07, 6.45) is 1.89. The lowest BCUT2D eigenvalue weighted by Crippen LogP contribution is -2.42. The quantitative estimate of drug-likeness (QED) is 0.715. The molecule has 0 radical (unpaired) electrons. The highest BCUT2D eigenvalue weighted by molar-refractivity contribution is 6.04. The number of aliphatic hydroxyl groups is 1. The van der Waals surface area contributed by atoms with Gasteiger partial charge in [0.15, 0.2) is 0 Å². The molecule has 0 unspecified atom stereocenters. The third kappa shape index (κ3) is 3.35. The lowest BCUT2D eigenvalue weighted by molar-refractivity contribution is -0.0231. The molecule has 1 aliphatic carbocycles. The number of hydrogen-bond acceptors (Lipinski definition) is 4. The number of aromatic amines is 1. The predicted molar refractivity (Wildman–Crippen MR) is 105 cm³/mol. The molecule has 29 heavy (non-hydrogen) atoms. The van der Waals surface area contributed by atoms with E-state index in [9.17, 15) is 14.3 Å². The highest BCUT2D eigenvalue weighted by Crippen LogP contribution is 2.38. The molecule has 3 aromatic rings. The Bertz CT molecular complexity index is 1040. The second kappa shape index (κ2) is 7.15. The van der Waals surface area contributed by atoms with E-state index in [-0.39, 0.29) is 29.7 Å². The maximum atomic E-state index is 13.1. The van der Waals surface area contributed by atoms with Gasteiger partial charge in [-0.1, -0.05) is 6.07 Å². The fraction of sp³-hybridized carbons (Fsp3) is 0.364. The van der Waals surface area contributed by atoms with Crippen LogP contribution in [0.4, 0.5) is 4.39 Å². The average Bonchev–Trinajstić information content (AvgIpc) is 3.36. The Hall–Kier alpha value is -2.93. The average molecular weight is 395 g/mol. The first-order chi connectivity index (χ1) is 14.1. The van der Waals surface area contributed by atoms with Crippen molar-refractivity contribution in [3.63, 3.8) is 0 Å². The van der Waals surface area contributed by atoms with E-state index in [1.165, 1.54) is 12.1 Å². The summed E-state index contributed by atoms with van der Waals surface area (Å²) in [4.78, 5) is 22.3. The van der Waals surface area contributed by atoms with Crippen LogP contribution in [0.1, 0.15) is 23.2 Å². The van der Waals surface area contributed by atoms with Crippen LogP contribution >= 0.6 is 0 Å². The van der Waals surface area contributed by atoms with Gasteiger partial charge in [-0.2, -0.15) is 0 Å². The molecule has 4 atom stereocenters. The smallest absolute Gasteiger partial charge is 0.256 e. The summed E-state index contributed by atoms with van der Waals surface area (Å²) in [5, 5.41) is 10.6. The number of halogens is 1. The van der Waals surface area contributed by atoms with Crippen LogP contribution in [0.3, 0.4) is 0 Å². The van der Waals surface area contributed by atoms with Crippen LogP contribution in [0.2, 0.25) is 0 Å². The summed E-state index contributed by atoms with van der Waals surface area (Å²) in [5.41, 5.74) is 2.13. The van der Waals surface area contributed by atoms with Gasteiger partial charge in [0.25, 0.3) is 5.91 Å². The van der Waals surface area contributed by atoms with Crippen molar-refractivity contribution in [2.45, 2.75) is 25.0 Å². The first-order valence-electron chi connectivity index (χ1n) is 9.90. The minimum absolute atomic E-state index is 0.0254. The molecule has 1 aliphatic heterocycles. The molecular formula is C22H22FN3O3. The number of aliphatic hydroxyl groups excluding tert-OH is 1. The molecule has 1 saturated carbocycles. The van der Waals surface area contributed by atoms with Gasteiger partial charge in [-0.05, 0) is 61.1 Å². The van der Waals surface area contributed by atoms with E-state index in [1.54, 1.807) is 18.5 Å². The van der Waals surface area contributed by atoms with Crippen LogP contribution in [-0.2, 0) is 0 Å². The normalized spacial score (nSPS) is 26.5. The van der Waals surface area contributed by atoms with Crippen LogP contribution in [0.5, 0.6) is 5.75 Å².